The Morgan fingerprint density at radius 3 is 2.67 bits per heavy atom. The van der Waals surface area contributed by atoms with Gasteiger partial charge in [-0.3, -0.25) is 4.98 Å². The van der Waals surface area contributed by atoms with Crippen LogP contribution in [0.3, 0.4) is 0 Å². The number of nitrogens with zero attached hydrogens (tertiary/aromatic N) is 1. The molecule has 0 aliphatic carbocycles. The smallest absolute Gasteiger partial charge is 0.264 e. The highest BCUT2D eigenvalue weighted by Crippen LogP contribution is 2.32. The maximum atomic E-state index is 12.5. The second-order valence-corrected chi connectivity index (χ2v) is 4.91. The summed E-state index contributed by atoms with van der Waals surface area (Å²) in [6.45, 7) is 1.91. The maximum absolute atomic E-state index is 12.5. The third-order valence-corrected chi connectivity index (χ3v) is 2.48. The first-order valence-corrected chi connectivity index (χ1v) is 5.47. The molecule has 0 radical (unpaired) electrons. The number of hydrogen-bond acceptors (Lipinski definition) is 1. The van der Waals surface area contributed by atoms with Crippen molar-refractivity contribution in [2.45, 2.75) is 30.8 Å². The molecule has 15 heavy (non-hydrogen) atoms. The van der Waals surface area contributed by atoms with Gasteiger partial charge in [-0.25, -0.2) is 0 Å². The van der Waals surface area contributed by atoms with Crippen LogP contribution in [0, 0.1) is 0 Å². The molecule has 0 fully saturated rings. The second kappa shape index (κ2) is 4.96. The quantitative estimate of drug-likeness (QED) is 0.768. The molecule has 1 rings (SSSR count). The average Bonchev–Trinajstić information content (AvgIpc) is 2.13. The standard InChI is InChI=1S/C10H11BrF3N/c1-7(11)2-3-8-6-15-5-4-9(8)10(12,13)14/h4-7H,2-3H2,1H3. The number of aromatic nitrogens is 1. The van der Waals surface area contributed by atoms with E-state index in [-0.39, 0.29) is 10.4 Å². The molecule has 0 N–H and O–H groups in total. The number of halogens is 4. The third kappa shape index (κ3) is 3.81. The van der Waals surface area contributed by atoms with Crippen LogP contribution >= 0.6 is 15.9 Å². The molecule has 5 heteroatoms. The van der Waals surface area contributed by atoms with Gasteiger partial charge >= 0.3 is 6.18 Å². The van der Waals surface area contributed by atoms with E-state index in [0.29, 0.717) is 12.8 Å². The molecule has 1 heterocycles. The summed E-state index contributed by atoms with van der Waals surface area (Å²) in [5.41, 5.74) is -0.318. The highest BCUT2D eigenvalue weighted by Gasteiger charge is 2.32. The van der Waals surface area contributed by atoms with Crippen molar-refractivity contribution in [3.63, 3.8) is 0 Å². The van der Waals surface area contributed by atoms with Gasteiger partial charge in [0.1, 0.15) is 0 Å². The van der Waals surface area contributed by atoms with Crippen LogP contribution in [0.15, 0.2) is 18.5 Å². The zero-order valence-electron chi connectivity index (χ0n) is 8.18. The van der Waals surface area contributed by atoms with Crippen LogP contribution in [0.25, 0.3) is 0 Å². The topological polar surface area (TPSA) is 12.9 Å². The second-order valence-electron chi connectivity index (χ2n) is 3.35. The van der Waals surface area contributed by atoms with Crippen molar-refractivity contribution in [1.82, 2.24) is 4.98 Å². The molecule has 1 aromatic rings. The first kappa shape index (κ1) is 12.5. The minimum absolute atomic E-state index is 0.207. The Morgan fingerprint density at radius 1 is 1.47 bits per heavy atom. The molecule has 1 nitrogen and oxygen atoms in total. The van der Waals surface area contributed by atoms with Gasteiger partial charge in [0.15, 0.2) is 0 Å². The van der Waals surface area contributed by atoms with Crippen LogP contribution in [0.2, 0.25) is 0 Å². The van der Waals surface area contributed by atoms with Crippen LogP contribution in [-0.4, -0.2) is 9.81 Å². The Kier molecular flexibility index (Phi) is 4.13. The Labute approximate surface area is 94.8 Å². The predicted octanol–water partition coefficient (Wildman–Crippen LogP) is 3.82. The summed E-state index contributed by atoms with van der Waals surface area (Å²) in [5.74, 6) is 0. The lowest BCUT2D eigenvalue weighted by molar-refractivity contribution is -0.138. The molecular formula is C10H11BrF3N. The van der Waals surface area contributed by atoms with E-state index in [4.69, 9.17) is 0 Å². The lowest BCUT2D eigenvalue weighted by Gasteiger charge is -2.12. The Hall–Kier alpha value is -0.580. The lowest BCUT2D eigenvalue weighted by atomic mass is 10.0. The summed E-state index contributed by atoms with van der Waals surface area (Å²) in [7, 11) is 0. The average molecular weight is 282 g/mol. The van der Waals surface area contributed by atoms with Crippen LogP contribution in [-0.2, 0) is 12.6 Å². The highest BCUT2D eigenvalue weighted by molar-refractivity contribution is 9.09. The Bertz CT molecular complexity index is 323. The molecular weight excluding hydrogens is 271 g/mol. The molecule has 0 saturated heterocycles. The minimum Gasteiger partial charge on any atom is -0.264 e. The van der Waals surface area contributed by atoms with Crippen LogP contribution in [0.4, 0.5) is 13.2 Å². The summed E-state index contributed by atoms with van der Waals surface area (Å²) < 4.78 is 37.6. The van der Waals surface area contributed by atoms with E-state index in [1.165, 1.54) is 12.4 Å². The van der Waals surface area contributed by atoms with Gasteiger partial charge in [0, 0.05) is 17.2 Å². The van der Waals surface area contributed by atoms with Gasteiger partial charge in [-0.15, -0.1) is 0 Å². The summed E-state index contributed by atoms with van der Waals surface area (Å²) in [6.07, 6.45) is -0.778. The van der Waals surface area contributed by atoms with Crippen LogP contribution < -0.4 is 0 Å². The number of aryl methyl sites for hydroxylation is 1. The minimum atomic E-state index is -4.28. The van der Waals surface area contributed by atoms with E-state index in [1.807, 2.05) is 6.92 Å². The molecule has 1 unspecified atom stereocenters. The maximum Gasteiger partial charge on any atom is 0.416 e. The van der Waals surface area contributed by atoms with E-state index < -0.39 is 11.7 Å². The Morgan fingerprint density at radius 2 is 2.13 bits per heavy atom. The molecule has 0 saturated carbocycles. The molecule has 0 amide bonds. The van der Waals surface area contributed by atoms with Crippen molar-refractivity contribution < 1.29 is 13.2 Å². The Balaban J connectivity index is 2.87. The van der Waals surface area contributed by atoms with Gasteiger partial charge in [0.05, 0.1) is 5.56 Å². The summed E-state index contributed by atoms with van der Waals surface area (Å²) in [5, 5.41) is 0. The normalized spacial score (nSPS) is 13.9. The molecule has 84 valence electrons. The molecule has 0 spiro atoms. The highest BCUT2D eigenvalue weighted by atomic mass is 79.9. The van der Waals surface area contributed by atoms with Crippen LogP contribution in [0.1, 0.15) is 24.5 Å². The third-order valence-electron chi connectivity index (χ3n) is 2.02. The van der Waals surface area contributed by atoms with Crippen molar-refractivity contribution >= 4 is 15.9 Å². The zero-order chi connectivity index (χ0) is 11.5. The summed E-state index contributed by atoms with van der Waals surface area (Å²) >= 11 is 3.31. The fourth-order valence-corrected chi connectivity index (χ4v) is 1.49. The van der Waals surface area contributed by atoms with E-state index >= 15 is 0 Å². The lowest BCUT2D eigenvalue weighted by Crippen LogP contribution is -2.10. The summed E-state index contributed by atoms with van der Waals surface area (Å²) in [4.78, 5) is 3.93. The molecule has 0 aliphatic rings. The van der Waals surface area contributed by atoms with Gasteiger partial charge in [-0.1, -0.05) is 22.9 Å². The number of pyridine rings is 1. The van der Waals surface area contributed by atoms with Crippen LogP contribution in [0.5, 0.6) is 0 Å². The SMILES string of the molecule is CC(Br)CCc1cnccc1C(F)(F)F. The fraction of sp³-hybridized carbons (Fsp3) is 0.500. The van der Waals surface area contributed by atoms with E-state index in [1.54, 1.807) is 0 Å². The number of hydrogen-bond donors (Lipinski definition) is 0. The van der Waals surface area contributed by atoms with E-state index in [0.717, 1.165) is 6.07 Å². The van der Waals surface area contributed by atoms with E-state index in [2.05, 4.69) is 20.9 Å². The predicted molar refractivity (Wildman–Crippen MR) is 55.9 cm³/mol. The monoisotopic (exact) mass is 281 g/mol. The number of rotatable bonds is 3. The molecule has 0 aliphatic heterocycles. The van der Waals surface area contributed by atoms with Gasteiger partial charge in [0.2, 0.25) is 0 Å². The van der Waals surface area contributed by atoms with Gasteiger partial charge < -0.3 is 0 Å². The van der Waals surface area contributed by atoms with Gasteiger partial charge in [-0.2, -0.15) is 13.2 Å². The zero-order valence-corrected chi connectivity index (χ0v) is 9.77. The van der Waals surface area contributed by atoms with Gasteiger partial charge in [0.25, 0.3) is 0 Å². The fourth-order valence-electron chi connectivity index (χ4n) is 1.26. The van der Waals surface area contributed by atoms with Crippen molar-refractivity contribution in [2.75, 3.05) is 0 Å². The van der Waals surface area contributed by atoms with E-state index in [9.17, 15) is 13.2 Å². The first-order chi connectivity index (χ1) is 6.91. The van der Waals surface area contributed by atoms with Crippen molar-refractivity contribution in [3.8, 4) is 0 Å². The molecule has 1 aromatic heterocycles. The molecule has 0 bridgehead atoms. The molecule has 0 aromatic carbocycles. The van der Waals surface area contributed by atoms with Gasteiger partial charge in [-0.05, 0) is 24.5 Å². The first-order valence-electron chi connectivity index (χ1n) is 4.55. The number of alkyl halides is 4. The largest absolute Gasteiger partial charge is 0.416 e. The van der Waals surface area contributed by atoms with Crippen molar-refractivity contribution in [3.05, 3.63) is 29.6 Å². The van der Waals surface area contributed by atoms with Crippen molar-refractivity contribution in [2.24, 2.45) is 0 Å². The summed E-state index contributed by atoms with van der Waals surface area (Å²) in [6, 6.07) is 1.02. The van der Waals surface area contributed by atoms with Crippen molar-refractivity contribution in [1.29, 1.82) is 0 Å². The molecule has 1 atom stereocenters.